The summed E-state index contributed by atoms with van der Waals surface area (Å²) in [4.78, 5) is 16.7. The van der Waals surface area contributed by atoms with Crippen LogP contribution in [0.3, 0.4) is 0 Å². The Labute approximate surface area is 144 Å². The van der Waals surface area contributed by atoms with Crippen LogP contribution in [0.5, 0.6) is 0 Å². The van der Waals surface area contributed by atoms with Crippen LogP contribution in [0, 0.1) is 5.82 Å². The van der Waals surface area contributed by atoms with Gasteiger partial charge in [0.1, 0.15) is 5.82 Å². The van der Waals surface area contributed by atoms with E-state index >= 15 is 0 Å². The number of rotatable bonds is 4. The van der Waals surface area contributed by atoms with Gasteiger partial charge in [-0.05, 0) is 18.9 Å². The van der Waals surface area contributed by atoms with Gasteiger partial charge < -0.3 is 10.2 Å². The second kappa shape index (κ2) is 7.62. The van der Waals surface area contributed by atoms with Gasteiger partial charge in [-0.3, -0.25) is 9.69 Å². The third-order valence-electron chi connectivity index (χ3n) is 5.58. The Kier molecular flexibility index (Phi) is 5.51. The van der Waals surface area contributed by atoms with Gasteiger partial charge >= 0.3 is 0 Å². The summed E-state index contributed by atoms with van der Waals surface area (Å²) in [5.74, 6) is -0.173. The van der Waals surface area contributed by atoms with Crippen molar-refractivity contribution in [2.24, 2.45) is 0 Å². The first kappa shape index (κ1) is 17.4. The van der Waals surface area contributed by atoms with Gasteiger partial charge in [-0.25, -0.2) is 4.39 Å². The first-order valence-corrected chi connectivity index (χ1v) is 9.04. The van der Waals surface area contributed by atoms with Gasteiger partial charge in [0.15, 0.2) is 0 Å². The van der Waals surface area contributed by atoms with E-state index in [1.54, 1.807) is 24.1 Å². The Morgan fingerprint density at radius 1 is 1.29 bits per heavy atom. The molecular formula is C19H28FN3O. The lowest BCUT2D eigenvalue weighted by molar-refractivity contribution is -0.134. The predicted octanol–water partition coefficient (Wildman–Crippen LogP) is 2.39. The van der Waals surface area contributed by atoms with Crippen molar-refractivity contribution in [3.8, 4) is 0 Å². The summed E-state index contributed by atoms with van der Waals surface area (Å²) in [7, 11) is 1.77. The molecule has 1 N–H and O–H groups in total. The molecule has 0 radical (unpaired) electrons. The predicted molar refractivity (Wildman–Crippen MR) is 93.1 cm³/mol. The monoisotopic (exact) mass is 333 g/mol. The lowest BCUT2D eigenvalue weighted by Crippen LogP contribution is -2.63. The van der Waals surface area contributed by atoms with E-state index in [9.17, 15) is 9.18 Å². The van der Waals surface area contributed by atoms with Crippen LogP contribution in [-0.4, -0.2) is 54.5 Å². The van der Waals surface area contributed by atoms with Gasteiger partial charge in [0, 0.05) is 44.3 Å². The molecule has 24 heavy (non-hydrogen) atoms. The van der Waals surface area contributed by atoms with Gasteiger partial charge in [0.25, 0.3) is 0 Å². The number of benzene rings is 1. The molecule has 1 aromatic carbocycles. The maximum Gasteiger partial charge on any atom is 0.236 e. The number of halogens is 1. The van der Waals surface area contributed by atoms with Crippen LogP contribution in [0.1, 0.15) is 37.7 Å². The molecule has 4 nitrogen and oxygen atoms in total. The normalized spacial score (nSPS) is 20.9. The number of hydrogen-bond donors (Lipinski definition) is 1. The molecule has 132 valence electrons. The van der Waals surface area contributed by atoms with Gasteiger partial charge in [0.2, 0.25) is 5.91 Å². The number of nitrogens with one attached hydrogen (secondary N) is 1. The van der Waals surface area contributed by atoms with Crippen LogP contribution < -0.4 is 5.32 Å². The van der Waals surface area contributed by atoms with Crippen molar-refractivity contribution in [3.63, 3.8) is 0 Å². The number of nitrogens with zero attached hydrogens (tertiary/aromatic N) is 2. The Morgan fingerprint density at radius 2 is 2.04 bits per heavy atom. The molecule has 2 aliphatic rings. The SMILES string of the molecule is CN(Cc1ccccc1F)C(=O)CN1CCNCC12CCCCC2. The lowest BCUT2D eigenvalue weighted by Gasteiger charge is -2.49. The maximum absolute atomic E-state index is 13.8. The molecule has 0 atom stereocenters. The van der Waals surface area contributed by atoms with Crippen molar-refractivity contribution < 1.29 is 9.18 Å². The molecule has 1 saturated carbocycles. The minimum Gasteiger partial charge on any atom is -0.340 e. The fraction of sp³-hybridized carbons (Fsp3) is 0.632. The van der Waals surface area contributed by atoms with Crippen LogP contribution in [0.2, 0.25) is 0 Å². The highest BCUT2D eigenvalue weighted by Gasteiger charge is 2.40. The fourth-order valence-electron chi connectivity index (χ4n) is 4.09. The van der Waals surface area contributed by atoms with Crippen molar-refractivity contribution in [2.75, 3.05) is 33.2 Å². The highest BCUT2D eigenvalue weighted by atomic mass is 19.1. The Bertz CT molecular complexity index is 563. The molecule has 3 rings (SSSR count). The van der Waals surface area contributed by atoms with Gasteiger partial charge in [-0.2, -0.15) is 0 Å². The average molecular weight is 333 g/mol. The van der Waals surface area contributed by atoms with Crippen LogP contribution in [0.4, 0.5) is 4.39 Å². The Morgan fingerprint density at radius 3 is 2.79 bits per heavy atom. The molecule has 0 aromatic heterocycles. The zero-order valence-corrected chi connectivity index (χ0v) is 14.6. The van der Waals surface area contributed by atoms with Crippen molar-refractivity contribution in [2.45, 2.75) is 44.2 Å². The van der Waals surface area contributed by atoms with Gasteiger partial charge in [0.05, 0.1) is 6.54 Å². The maximum atomic E-state index is 13.8. The molecule has 1 saturated heterocycles. The van der Waals surface area contributed by atoms with E-state index in [2.05, 4.69) is 10.2 Å². The number of piperazine rings is 1. The second-order valence-corrected chi connectivity index (χ2v) is 7.22. The first-order valence-electron chi connectivity index (χ1n) is 9.04. The highest BCUT2D eigenvalue weighted by Crippen LogP contribution is 2.34. The van der Waals surface area contributed by atoms with Crippen molar-refractivity contribution in [1.29, 1.82) is 0 Å². The Hall–Kier alpha value is -1.46. The van der Waals surface area contributed by atoms with E-state index in [-0.39, 0.29) is 17.3 Å². The highest BCUT2D eigenvalue weighted by molar-refractivity contribution is 5.78. The summed E-state index contributed by atoms with van der Waals surface area (Å²) < 4.78 is 13.8. The topological polar surface area (TPSA) is 35.6 Å². The minimum atomic E-state index is -0.247. The zero-order valence-electron chi connectivity index (χ0n) is 14.6. The number of amides is 1. The minimum absolute atomic E-state index is 0.0742. The zero-order chi connectivity index (χ0) is 17.0. The van der Waals surface area contributed by atoms with E-state index in [1.165, 1.54) is 38.2 Å². The molecule has 1 heterocycles. The largest absolute Gasteiger partial charge is 0.340 e. The van der Waals surface area contributed by atoms with Crippen molar-refractivity contribution >= 4 is 5.91 Å². The van der Waals surface area contributed by atoms with Crippen molar-refractivity contribution in [1.82, 2.24) is 15.1 Å². The molecule has 0 bridgehead atoms. The van der Waals surface area contributed by atoms with E-state index < -0.39 is 0 Å². The number of likely N-dealkylation sites (N-methyl/N-ethyl adjacent to an activating group) is 1. The van der Waals surface area contributed by atoms with Crippen LogP contribution in [0.15, 0.2) is 24.3 Å². The summed E-state index contributed by atoms with van der Waals surface area (Å²) in [5, 5.41) is 3.51. The summed E-state index contributed by atoms with van der Waals surface area (Å²) in [5.41, 5.74) is 0.714. The summed E-state index contributed by atoms with van der Waals surface area (Å²) >= 11 is 0. The summed E-state index contributed by atoms with van der Waals surface area (Å²) in [6.45, 7) is 3.60. The molecular weight excluding hydrogens is 305 g/mol. The molecule has 1 aliphatic heterocycles. The molecule has 1 spiro atoms. The third kappa shape index (κ3) is 3.78. The molecule has 1 aromatic rings. The smallest absolute Gasteiger partial charge is 0.236 e. The van der Waals surface area contributed by atoms with E-state index in [0.717, 1.165) is 19.6 Å². The second-order valence-electron chi connectivity index (χ2n) is 7.22. The summed E-state index contributed by atoms with van der Waals surface area (Å²) in [6.07, 6.45) is 6.14. The number of carbonyl (C=O) groups excluding carboxylic acids is 1. The average Bonchev–Trinajstić information content (AvgIpc) is 2.60. The van der Waals surface area contributed by atoms with Crippen molar-refractivity contribution in [3.05, 3.63) is 35.6 Å². The lowest BCUT2D eigenvalue weighted by atomic mass is 9.79. The third-order valence-corrected chi connectivity index (χ3v) is 5.58. The molecule has 0 unspecified atom stereocenters. The molecule has 2 fully saturated rings. The van der Waals surface area contributed by atoms with Gasteiger partial charge in [-0.1, -0.05) is 37.5 Å². The fourth-order valence-corrected chi connectivity index (χ4v) is 4.09. The first-order chi connectivity index (χ1) is 11.6. The number of carbonyl (C=O) groups is 1. The Balaban J connectivity index is 1.63. The molecule has 1 aliphatic carbocycles. The van der Waals surface area contributed by atoms with E-state index in [0.29, 0.717) is 18.7 Å². The number of hydrogen-bond acceptors (Lipinski definition) is 3. The van der Waals surface area contributed by atoms with E-state index in [4.69, 9.17) is 0 Å². The van der Waals surface area contributed by atoms with E-state index in [1.807, 2.05) is 6.07 Å². The molecule has 1 amide bonds. The standard InChI is InChI=1S/C19H28FN3O/c1-22(13-16-7-3-4-8-17(16)20)18(24)14-23-12-11-21-15-19(23)9-5-2-6-10-19/h3-4,7-8,21H,2,5-6,9-15H2,1H3. The van der Waals surface area contributed by atoms with Crippen LogP contribution in [0.25, 0.3) is 0 Å². The van der Waals surface area contributed by atoms with Crippen LogP contribution >= 0.6 is 0 Å². The van der Waals surface area contributed by atoms with Crippen LogP contribution in [-0.2, 0) is 11.3 Å². The van der Waals surface area contributed by atoms with Gasteiger partial charge in [-0.15, -0.1) is 0 Å². The quantitative estimate of drug-likeness (QED) is 0.919. The summed E-state index contributed by atoms with van der Waals surface area (Å²) in [6, 6.07) is 6.67. The molecule has 5 heteroatoms.